The van der Waals surface area contributed by atoms with Gasteiger partial charge in [0, 0.05) is 12.0 Å². The number of ether oxygens (including phenoxy) is 1. The quantitative estimate of drug-likeness (QED) is 0.869. The molecule has 1 aromatic rings. The molecule has 2 nitrogen and oxygen atoms in total. The molecular formula is C11H14ClFO2. The van der Waals surface area contributed by atoms with Gasteiger partial charge in [-0.2, -0.15) is 0 Å². The van der Waals surface area contributed by atoms with Crippen LogP contribution in [0.4, 0.5) is 4.39 Å². The average molecular weight is 233 g/mol. The fraction of sp³-hybridized carbons (Fsp3) is 0.455. The molecule has 0 fully saturated rings. The van der Waals surface area contributed by atoms with E-state index in [4.69, 9.17) is 16.3 Å². The van der Waals surface area contributed by atoms with Gasteiger partial charge in [-0.15, -0.1) is 0 Å². The molecule has 0 radical (unpaired) electrons. The Morgan fingerprint density at radius 2 is 2.20 bits per heavy atom. The Kier molecular flexibility index (Phi) is 3.94. The molecule has 15 heavy (non-hydrogen) atoms. The second-order valence-corrected chi connectivity index (χ2v) is 3.95. The minimum Gasteiger partial charge on any atom is -0.496 e. The fourth-order valence-electron chi connectivity index (χ4n) is 1.56. The maximum absolute atomic E-state index is 13.4. The number of halogens is 2. The first-order valence-corrected chi connectivity index (χ1v) is 5.04. The number of methoxy groups -OCH3 is 1. The lowest BCUT2D eigenvalue weighted by Crippen LogP contribution is -2.07. The van der Waals surface area contributed by atoms with E-state index >= 15 is 0 Å². The highest BCUT2D eigenvalue weighted by molar-refractivity contribution is 6.30. The van der Waals surface area contributed by atoms with E-state index in [1.807, 2.05) is 0 Å². The Labute approximate surface area is 93.6 Å². The lowest BCUT2D eigenvalue weighted by Gasteiger charge is -2.14. The van der Waals surface area contributed by atoms with Gasteiger partial charge in [-0.25, -0.2) is 4.39 Å². The van der Waals surface area contributed by atoms with E-state index in [9.17, 15) is 9.50 Å². The van der Waals surface area contributed by atoms with Crippen LogP contribution in [0.25, 0.3) is 0 Å². The van der Waals surface area contributed by atoms with Crippen LogP contribution < -0.4 is 4.74 Å². The molecular weight excluding hydrogens is 219 g/mol. The van der Waals surface area contributed by atoms with Gasteiger partial charge in [0.15, 0.2) is 0 Å². The largest absolute Gasteiger partial charge is 0.496 e. The van der Waals surface area contributed by atoms with Gasteiger partial charge >= 0.3 is 0 Å². The van der Waals surface area contributed by atoms with Crippen LogP contribution in [0.3, 0.4) is 0 Å². The van der Waals surface area contributed by atoms with Crippen LogP contribution in [0.15, 0.2) is 6.07 Å². The maximum Gasteiger partial charge on any atom is 0.148 e. The highest BCUT2D eigenvalue weighted by Gasteiger charge is 2.15. The van der Waals surface area contributed by atoms with Gasteiger partial charge in [-0.05, 0) is 25.5 Å². The van der Waals surface area contributed by atoms with Crippen molar-refractivity contribution < 1.29 is 14.2 Å². The maximum atomic E-state index is 13.4. The van der Waals surface area contributed by atoms with Gasteiger partial charge in [0.05, 0.1) is 18.2 Å². The van der Waals surface area contributed by atoms with Crippen LogP contribution in [-0.4, -0.2) is 18.3 Å². The molecule has 0 aliphatic rings. The normalized spacial score (nSPS) is 12.7. The van der Waals surface area contributed by atoms with Crippen LogP contribution in [0.1, 0.15) is 18.1 Å². The zero-order valence-corrected chi connectivity index (χ0v) is 9.73. The predicted molar refractivity (Wildman–Crippen MR) is 58.1 cm³/mol. The Morgan fingerprint density at radius 3 is 2.67 bits per heavy atom. The zero-order chi connectivity index (χ0) is 11.6. The van der Waals surface area contributed by atoms with Crippen molar-refractivity contribution >= 4 is 11.6 Å². The average Bonchev–Trinajstić information content (AvgIpc) is 2.14. The summed E-state index contributed by atoms with van der Waals surface area (Å²) in [7, 11) is 1.47. The summed E-state index contributed by atoms with van der Waals surface area (Å²) in [6, 6.07) is 1.50. The molecule has 0 aromatic heterocycles. The summed E-state index contributed by atoms with van der Waals surface area (Å²) in [5.74, 6) is -0.0133. The highest BCUT2D eigenvalue weighted by atomic mass is 35.5. The molecule has 0 aliphatic heterocycles. The van der Waals surface area contributed by atoms with Crippen LogP contribution in [0.2, 0.25) is 5.02 Å². The minimum atomic E-state index is -0.514. The van der Waals surface area contributed by atoms with Crippen LogP contribution in [-0.2, 0) is 6.42 Å². The molecule has 4 heteroatoms. The van der Waals surface area contributed by atoms with E-state index < -0.39 is 11.9 Å². The summed E-state index contributed by atoms with van der Waals surface area (Å²) in [6.07, 6.45) is -0.121. The topological polar surface area (TPSA) is 29.5 Å². The number of benzene rings is 1. The molecule has 1 aromatic carbocycles. The minimum absolute atomic E-state index is 0.0592. The molecule has 84 valence electrons. The van der Waals surface area contributed by atoms with Gasteiger partial charge in [0.1, 0.15) is 11.6 Å². The SMILES string of the molecule is COc1c(CC(C)O)cc(Cl)c(F)c1C. The first kappa shape index (κ1) is 12.3. The summed E-state index contributed by atoms with van der Waals surface area (Å²) >= 11 is 5.72. The van der Waals surface area contributed by atoms with Crippen molar-refractivity contribution in [3.05, 3.63) is 28.0 Å². The van der Waals surface area contributed by atoms with Crippen LogP contribution in [0.5, 0.6) is 5.75 Å². The molecule has 0 aliphatic carbocycles. The third-order valence-corrected chi connectivity index (χ3v) is 2.47. The van der Waals surface area contributed by atoms with E-state index in [0.717, 1.165) is 5.56 Å². The number of aliphatic hydroxyl groups excluding tert-OH is 1. The summed E-state index contributed by atoms with van der Waals surface area (Å²) in [6.45, 7) is 3.26. The van der Waals surface area contributed by atoms with Crippen molar-refractivity contribution in [1.29, 1.82) is 0 Å². The molecule has 0 bridgehead atoms. The highest BCUT2D eigenvalue weighted by Crippen LogP contribution is 2.31. The molecule has 0 saturated carbocycles. The number of rotatable bonds is 3. The van der Waals surface area contributed by atoms with Crippen molar-refractivity contribution in [2.75, 3.05) is 7.11 Å². The molecule has 1 N–H and O–H groups in total. The molecule has 0 saturated heterocycles. The molecule has 1 unspecified atom stereocenters. The Hall–Kier alpha value is -0.800. The van der Waals surface area contributed by atoms with Crippen molar-refractivity contribution in [2.24, 2.45) is 0 Å². The lowest BCUT2D eigenvalue weighted by molar-refractivity contribution is 0.194. The standard InChI is InChI=1S/C11H14ClFO2/c1-6(14)4-8-5-9(12)10(13)7(2)11(8)15-3/h5-6,14H,4H2,1-3H3. The van der Waals surface area contributed by atoms with Crippen molar-refractivity contribution in [3.8, 4) is 5.75 Å². The Balaban J connectivity index is 3.25. The lowest BCUT2D eigenvalue weighted by atomic mass is 10.0. The third-order valence-electron chi connectivity index (χ3n) is 2.19. The van der Waals surface area contributed by atoms with E-state index in [2.05, 4.69) is 0 Å². The summed E-state index contributed by atoms with van der Waals surface area (Å²) in [5, 5.41) is 9.34. The second kappa shape index (κ2) is 4.81. The van der Waals surface area contributed by atoms with Gasteiger partial charge in [0.2, 0.25) is 0 Å². The fourth-order valence-corrected chi connectivity index (χ4v) is 1.83. The monoisotopic (exact) mass is 232 g/mol. The molecule has 0 heterocycles. The smallest absolute Gasteiger partial charge is 0.148 e. The zero-order valence-electron chi connectivity index (χ0n) is 8.97. The number of hydrogen-bond acceptors (Lipinski definition) is 2. The van der Waals surface area contributed by atoms with E-state index in [1.54, 1.807) is 13.8 Å². The molecule has 1 atom stereocenters. The first-order chi connectivity index (χ1) is 6.97. The second-order valence-electron chi connectivity index (χ2n) is 3.54. The molecule has 1 rings (SSSR count). The van der Waals surface area contributed by atoms with Gasteiger partial charge < -0.3 is 9.84 Å². The summed E-state index contributed by atoms with van der Waals surface area (Å²) in [4.78, 5) is 0. The third kappa shape index (κ3) is 2.61. The number of hydrogen-bond donors (Lipinski definition) is 1. The molecule has 0 spiro atoms. The Morgan fingerprint density at radius 1 is 1.60 bits per heavy atom. The van der Waals surface area contributed by atoms with Crippen molar-refractivity contribution in [1.82, 2.24) is 0 Å². The molecule has 0 amide bonds. The van der Waals surface area contributed by atoms with Gasteiger partial charge in [-0.3, -0.25) is 0 Å². The van der Waals surface area contributed by atoms with Crippen molar-refractivity contribution in [2.45, 2.75) is 26.4 Å². The van der Waals surface area contributed by atoms with Crippen LogP contribution >= 0.6 is 11.6 Å². The van der Waals surface area contributed by atoms with Crippen LogP contribution in [0, 0.1) is 12.7 Å². The predicted octanol–water partition coefficient (Wildman–Crippen LogP) is 2.72. The van der Waals surface area contributed by atoms with E-state index in [-0.39, 0.29) is 5.02 Å². The van der Waals surface area contributed by atoms with Gasteiger partial charge in [0.25, 0.3) is 0 Å². The van der Waals surface area contributed by atoms with E-state index in [0.29, 0.717) is 17.7 Å². The number of aliphatic hydroxyl groups is 1. The van der Waals surface area contributed by atoms with Crippen molar-refractivity contribution in [3.63, 3.8) is 0 Å². The summed E-state index contributed by atoms with van der Waals surface area (Å²) < 4.78 is 18.5. The first-order valence-electron chi connectivity index (χ1n) is 4.67. The Bertz CT molecular complexity index is 364. The van der Waals surface area contributed by atoms with Gasteiger partial charge in [-0.1, -0.05) is 11.6 Å². The van der Waals surface area contributed by atoms with E-state index in [1.165, 1.54) is 13.2 Å². The summed E-state index contributed by atoms with van der Waals surface area (Å²) in [5.41, 5.74) is 1.09.